The summed E-state index contributed by atoms with van der Waals surface area (Å²) in [6.45, 7) is 6.31. The van der Waals surface area contributed by atoms with Gasteiger partial charge in [0.05, 0.1) is 0 Å². The van der Waals surface area contributed by atoms with Gasteiger partial charge in [-0.2, -0.15) is 0 Å². The highest BCUT2D eigenvalue weighted by Gasteiger charge is 2.23. The molecule has 0 unspecified atom stereocenters. The molecule has 0 N–H and O–H groups in total. The Balaban J connectivity index is 2.10. The number of hydrogen-bond donors (Lipinski definition) is 0. The number of rotatable bonds is 9. The number of nitrogens with zero attached hydrogens (tertiary/aromatic N) is 1. The maximum absolute atomic E-state index is 5.38. The summed E-state index contributed by atoms with van der Waals surface area (Å²) in [6.07, 6.45) is 6.71. The van der Waals surface area contributed by atoms with Crippen molar-refractivity contribution in [3.63, 3.8) is 0 Å². The van der Waals surface area contributed by atoms with E-state index in [2.05, 4.69) is 27.8 Å². The monoisotopic (exact) mass is 277 g/mol. The van der Waals surface area contributed by atoms with E-state index in [4.69, 9.17) is 4.74 Å². The Morgan fingerprint density at radius 2 is 2.00 bits per heavy atom. The first-order chi connectivity index (χ1) is 7.38. The Labute approximate surface area is 102 Å². The van der Waals surface area contributed by atoms with Gasteiger partial charge in [0, 0.05) is 31.1 Å². The van der Waals surface area contributed by atoms with Gasteiger partial charge in [0.2, 0.25) is 0 Å². The van der Waals surface area contributed by atoms with Crippen LogP contribution in [0.3, 0.4) is 0 Å². The highest BCUT2D eigenvalue weighted by molar-refractivity contribution is 9.09. The molecule has 0 aromatic carbocycles. The molecule has 1 rings (SSSR count). The van der Waals surface area contributed by atoms with Crippen LogP contribution < -0.4 is 0 Å². The molecule has 90 valence electrons. The minimum Gasteiger partial charge on any atom is -0.382 e. The Morgan fingerprint density at radius 1 is 1.27 bits per heavy atom. The standard InChI is InChI=1S/C12H24BrNO/c1-2-15-11-5-10-14(9-4-8-13)12-6-3-7-12/h12H,2-11H2,1H3. The average molecular weight is 278 g/mol. The fourth-order valence-electron chi connectivity index (χ4n) is 2.01. The lowest BCUT2D eigenvalue weighted by Gasteiger charge is -2.37. The summed E-state index contributed by atoms with van der Waals surface area (Å²) < 4.78 is 5.38. The molecule has 0 saturated heterocycles. The second-order valence-electron chi connectivity index (χ2n) is 4.21. The Bertz CT molecular complexity index is 151. The zero-order valence-electron chi connectivity index (χ0n) is 9.88. The van der Waals surface area contributed by atoms with E-state index in [0.717, 1.165) is 24.6 Å². The maximum Gasteiger partial charge on any atom is 0.0478 e. The predicted molar refractivity (Wildman–Crippen MR) is 68.7 cm³/mol. The quantitative estimate of drug-likeness (QED) is 0.475. The molecule has 0 atom stereocenters. The Kier molecular flexibility index (Phi) is 7.67. The molecule has 1 fully saturated rings. The van der Waals surface area contributed by atoms with Gasteiger partial charge in [0.15, 0.2) is 0 Å². The minimum atomic E-state index is 0.852. The molecule has 15 heavy (non-hydrogen) atoms. The van der Waals surface area contributed by atoms with E-state index in [-0.39, 0.29) is 0 Å². The van der Waals surface area contributed by atoms with E-state index < -0.39 is 0 Å². The number of halogens is 1. The largest absolute Gasteiger partial charge is 0.382 e. The maximum atomic E-state index is 5.38. The van der Waals surface area contributed by atoms with E-state index in [9.17, 15) is 0 Å². The van der Waals surface area contributed by atoms with Gasteiger partial charge in [0.1, 0.15) is 0 Å². The molecular weight excluding hydrogens is 254 g/mol. The van der Waals surface area contributed by atoms with Crippen molar-refractivity contribution in [3.8, 4) is 0 Å². The lowest BCUT2D eigenvalue weighted by atomic mass is 9.91. The Hall–Kier alpha value is 0.400. The normalized spacial score (nSPS) is 17.0. The van der Waals surface area contributed by atoms with E-state index >= 15 is 0 Å². The minimum absolute atomic E-state index is 0.852. The molecule has 0 spiro atoms. The lowest BCUT2D eigenvalue weighted by Crippen LogP contribution is -2.41. The SMILES string of the molecule is CCOCCCN(CCCBr)C1CCC1. The first kappa shape index (κ1) is 13.5. The van der Waals surface area contributed by atoms with Crippen LogP contribution >= 0.6 is 15.9 Å². The van der Waals surface area contributed by atoms with Crippen LogP contribution in [-0.2, 0) is 4.74 Å². The average Bonchev–Trinajstić information content (AvgIpc) is 2.17. The van der Waals surface area contributed by atoms with Crippen molar-refractivity contribution in [2.24, 2.45) is 0 Å². The zero-order chi connectivity index (χ0) is 10.9. The van der Waals surface area contributed by atoms with Crippen LogP contribution in [0.4, 0.5) is 0 Å². The summed E-state index contributed by atoms with van der Waals surface area (Å²) in [5, 5.41) is 1.13. The van der Waals surface area contributed by atoms with E-state index in [0.29, 0.717) is 0 Å². The molecule has 2 nitrogen and oxygen atoms in total. The van der Waals surface area contributed by atoms with Gasteiger partial charge in [-0.1, -0.05) is 22.4 Å². The second-order valence-corrected chi connectivity index (χ2v) is 5.01. The van der Waals surface area contributed by atoms with Crippen LogP contribution in [-0.4, -0.2) is 42.6 Å². The topological polar surface area (TPSA) is 12.5 Å². The molecule has 0 aliphatic heterocycles. The number of alkyl halides is 1. The fourth-order valence-corrected chi connectivity index (χ4v) is 2.26. The van der Waals surface area contributed by atoms with Crippen molar-refractivity contribution in [1.82, 2.24) is 4.90 Å². The van der Waals surface area contributed by atoms with E-state index in [1.807, 2.05) is 0 Å². The van der Waals surface area contributed by atoms with Gasteiger partial charge in [-0.3, -0.25) is 0 Å². The summed E-state index contributed by atoms with van der Waals surface area (Å²) in [5.41, 5.74) is 0. The summed E-state index contributed by atoms with van der Waals surface area (Å²) in [7, 11) is 0. The van der Waals surface area contributed by atoms with Crippen molar-refractivity contribution in [2.75, 3.05) is 31.6 Å². The third kappa shape index (κ3) is 5.32. The molecule has 1 saturated carbocycles. The molecule has 0 aromatic heterocycles. The molecule has 0 heterocycles. The van der Waals surface area contributed by atoms with Crippen molar-refractivity contribution >= 4 is 15.9 Å². The highest BCUT2D eigenvalue weighted by atomic mass is 79.9. The summed E-state index contributed by atoms with van der Waals surface area (Å²) in [5.74, 6) is 0. The smallest absolute Gasteiger partial charge is 0.0478 e. The van der Waals surface area contributed by atoms with E-state index in [1.54, 1.807) is 0 Å². The first-order valence-electron chi connectivity index (χ1n) is 6.26. The van der Waals surface area contributed by atoms with Crippen molar-refractivity contribution in [3.05, 3.63) is 0 Å². The van der Waals surface area contributed by atoms with Crippen molar-refractivity contribution in [2.45, 2.75) is 45.1 Å². The summed E-state index contributed by atoms with van der Waals surface area (Å²) in [6, 6.07) is 0.880. The van der Waals surface area contributed by atoms with Gasteiger partial charge in [0.25, 0.3) is 0 Å². The van der Waals surface area contributed by atoms with Crippen LogP contribution in [0.1, 0.15) is 39.0 Å². The molecule has 0 radical (unpaired) electrons. The van der Waals surface area contributed by atoms with Gasteiger partial charge in [-0.05, 0) is 39.2 Å². The molecule has 0 amide bonds. The summed E-state index contributed by atoms with van der Waals surface area (Å²) in [4.78, 5) is 2.66. The summed E-state index contributed by atoms with van der Waals surface area (Å²) >= 11 is 3.51. The highest BCUT2D eigenvalue weighted by Crippen LogP contribution is 2.25. The fraction of sp³-hybridized carbons (Fsp3) is 1.00. The lowest BCUT2D eigenvalue weighted by molar-refractivity contribution is 0.0961. The first-order valence-corrected chi connectivity index (χ1v) is 7.38. The number of hydrogen-bond acceptors (Lipinski definition) is 2. The van der Waals surface area contributed by atoms with Crippen LogP contribution in [0.5, 0.6) is 0 Å². The predicted octanol–water partition coefficient (Wildman–Crippen LogP) is 3.05. The molecular formula is C12H24BrNO. The van der Waals surface area contributed by atoms with Gasteiger partial charge in [-0.15, -0.1) is 0 Å². The van der Waals surface area contributed by atoms with Gasteiger partial charge < -0.3 is 9.64 Å². The second kappa shape index (κ2) is 8.54. The molecule has 1 aliphatic rings. The molecule has 1 aliphatic carbocycles. The molecule has 0 aromatic rings. The van der Waals surface area contributed by atoms with Crippen molar-refractivity contribution in [1.29, 1.82) is 0 Å². The van der Waals surface area contributed by atoms with Crippen LogP contribution in [0.15, 0.2) is 0 Å². The van der Waals surface area contributed by atoms with Gasteiger partial charge in [-0.25, -0.2) is 0 Å². The molecule has 0 bridgehead atoms. The zero-order valence-corrected chi connectivity index (χ0v) is 11.5. The third-order valence-corrected chi connectivity index (χ3v) is 3.67. The van der Waals surface area contributed by atoms with Gasteiger partial charge >= 0.3 is 0 Å². The number of ether oxygens (including phenoxy) is 1. The van der Waals surface area contributed by atoms with E-state index in [1.165, 1.54) is 45.2 Å². The van der Waals surface area contributed by atoms with Crippen LogP contribution in [0.2, 0.25) is 0 Å². The van der Waals surface area contributed by atoms with Crippen LogP contribution in [0, 0.1) is 0 Å². The van der Waals surface area contributed by atoms with Crippen LogP contribution in [0.25, 0.3) is 0 Å². The Morgan fingerprint density at radius 3 is 2.53 bits per heavy atom. The van der Waals surface area contributed by atoms with Crippen molar-refractivity contribution < 1.29 is 4.74 Å². The third-order valence-electron chi connectivity index (χ3n) is 3.11. The molecule has 3 heteroatoms.